The summed E-state index contributed by atoms with van der Waals surface area (Å²) >= 11 is 0. The van der Waals surface area contributed by atoms with E-state index in [0.29, 0.717) is 0 Å². The average molecular weight is 227 g/mol. The highest BCUT2D eigenvalue weighted by atomic mass is 16.5. The second-order valence-electron chi connectivity index (χ2n) is 3.63. The molecule has 0 unspecified atom stereocenters. The number of nitrogens with zero attached hydrogens (tertiary/aromatic N) is 2. The molecular weight excluding hydrogens is 206 g/mol. The molecule has 1 N–H and O–H groups in total. The van der Waals surface area contributed by atoms with Crippen molar-refractivity contribution >= 4 is 0 Å². The number of aromatic nitrogens is 2. The van der Waals surface area contributed by atoms with E-state index in [4.69, 9.17) is 9.47 Å². The molecule has 0 saturated carbocycles. The van der Waals surface area contributed by atoms with Crippen LogP contribution in [-0.2, 0) is 22.6 Å². The molecule has 0 spiro atoms. The summed E-state index contributed by atoms with van der Waals surface area (Å²) in [6, 6.07) is 0. The van der Waals surface area contributed by atoms with E-state index in [0.717, 1.165) is 39.3 Å². The normalized spacial score (nSPS) is 10.9. The van der Waals surface area contributed by atoms with Crippen molar-refractivity contribution in [1.29, 1.82) is 0 Å². The van der Waals surface area contributed by atoms with Gasteiger partial charge in [0.05, 0.1) is 12.8 Å². The third-order valence-corrected chi connectivity index (χ3v) is 2.23. The second kappa shape index (κ2) is 8.27. The number of aryl methyl sites for hydroxylation is 1. The van der Waals surface area contributed by atoms with E-state index in [1.54, 1.807) is 14.2 Å². The highest BCUT2D eigenvalue weighted by Crippen LogP contribution is 1.98. The average Bonchev–Trinajstić information content (AvgIpc) is 2.73. The zero-order chi connectivity index (χ0) is 11.6. The lowest BCUT2D eigenvalue weighted by Gasteiger charge is -2.01. The third-order valence-electron chi connectivity index (χ3n) is 2.23. The molecule has 0 bridgehead atoms. The topological polar surface area (TPSA) is 48.3 Å². The van der Waals surface area contributed by atoms with Crippen LogP contribution in [0.4, 0.5) is 0 Å². The maximum atomic E-state index is 4.99. The van der Waals surface area contributed by atoms with Crippen LogP contribution in [0.3, 0.4) is 0 Å². The summed E-state index contributed by atoms with van der Waals surface area (Å²) in [5.41, 5.74) is 1.20. The second-order valence-corrected chi connectivity index (χ2v) is 3.63. The van der Waals surface area contributed by atoms with Gasteiger partial charge in [0.1, 0.15) is 0 Å². The minimum Gasteiger partial charge on any atom is -0.385 e. The van der Waals surface area contributed by atoms with Crippen LogP contribution in [-0.4, -0.2) is 43.8 Å². The summed E-state index contributed by atoms with van der Waals surface area (Å²) in [5, 5.41) is 7.56. The van der Waals surface area contributed by atoms with E-state index in [-0.39, 0.29) is 0 Å². The first-order chi connectivity index (χ1) is 7.86. The standard InChI is InChI=1S/C11H21N3O2/c1-15-6-3-5-14-10-11(9-13-14)8-12-4-7-16-2/h9-10,12H,3-8H2,1-2H3. The molecule has 1 aromatic rings. The van der Waals surface area contributed by atoms with E-state index in [9.17, 15) is 0 Å². The number of ether oxygens (including phenoxy) is 2. The van der Waals surface area contributed by atoms with Gasteiger partial charge in [-0.3, -0.25) is 4.68 Å². The number of hydrogen-bond donors (Lipinski definition) is 1. The van der Waals surface area contributed by atoms with Gasteiger partial charge < -0.3 is 14.8 Å². The van der Waals surface area contributed by atoms with Crippen molar-refractivity contribution in [3.8, 4) is 0 Å². The molecular formula is C11H21N3O2. The Balaban J connectivity index is 2.17. The fourth-order valence-corrected chi connectivity index (χ4v) is 1.40. The molecule has 5 heteroatoms. The van der Waals surface area contributed by atoms with Gasteiger partial charge in [-0.25, -0.2) is 0 Å². The highest BCUT2D eigenvalue weighted by molar-refractivity contribution is 5.03. The van der Waals surface area contributed by atoms with Gasteiger partial charge in [-0.1, -0.05) is 0 Å². The monoisotopic (exact) mass is 227 g/mol. The summed E-state index contributed by atoms with van der Waals surface area (Å²) in [6.07, 6.45) is 4.96. The molecule has 1 aromatic heterocycles. The Bertz CT molecular complexity index is 276. The molecule has 0 aromatic carbocycles. The molecule has 0 saturated heterocycles. The Morgan fingerprint density at radius 3 is 2.88 bits per heavy atom. The molecule has 0 radical (unpaired) electrons. The third kappa shape index (κ3) is 5.25. The highest BCUT2D eigenvalue weighted by Gasteiger charge is 1.97. The van der Waals surface area contributed by atoms with Crippen LogP contribution in [0.25, 0.3) is 0 Å². The predicted octanol–water partition coefficient (Wildman–Crippen LogP) is 0.656. The smallest absolute Gasteiger partial charge is 0.0587 e. The molecule has 92 valence electrons. The van der Waals surface area contributed by atoms with E-state index in [1.165, 1.54) is 5.56 Å². The molecule has 0 fully saturated rings. The largest absolute Gasteiger partial charge is 0.385 e. The fraction of sp³-hybridized carbons (Fsp3) is 0.727. The first kappa shape index (κ1) is 13.2. The summed E-state index contributed by atoms with van der Waals surface area (Å²) in [6.45, 7) is 4.13. The Morgan fingerprint density at radius 1 is 1.31 bits per heavy atom. The summed E-state index contributed by atoms with van der Waals surface area (Å²) in [4.78, 5) is 0. The predicted molar refractivity (Wildman–Crippen MR) is 62.3 cm³/mol. The van der Waals surface area contributed by atoms with Crippen molar-refractivity contribution in [3.63, 3.8) is 0 Å². The van der Waals surface area contributed by atoms with Crippen LogP contribution in [0.15, 0.2) is 12.4 Å². The van der Waals surface area contributed by atoms with E-state index < -0.39 is 0 Å². The van der Waals surface area contributed by atoms with Gasteiger partial charge in [-0.2, -0.15) is 5.10 Å². The maximum absolute atomic E-state index is 4.99. The van der Waals surface area contributed by atoms with Crippen LogP contribution in [0, 0.1) is 0 Å². The number of methoxy groups -OCH3 is 2. The molecule has 0 atom stereocenters. The van der Waals surface area contributed by atoms with Crippen LogP contribution >= 0.6 is 0 Å². The van der Waals surface area contributed by atoms with E-state index >= 15 is 0 Å². The molecule has 0 aliphatic heterocycles. The number of hydrogen-bond acceptors (Lipinski definition) is 4. The Morgan fingerprint density at radius 2 is 2.12 bits per heavy atom. The van der Waals surface area contributed by atoms with Crippen LogP contribution < -0.4 is 5.32 Å². The zero-order valence-electron chi connectivity index (χ0n) is 10.1. The van der Waals surface area contributed by atoms with Crippen LogP contribution in [0.1, 0.15) is 12.0 Å². The summed E-state index contributed by atoms with van der Waals surface area (Å²) in [7, 11) is 3.42. The molecule has 0 aliphatic carbocycles. The maximum Gasteiger partial charge on any atom is 0.0587 e. The minimum absolute atomic E-state index is 0.738. The fourth-order valence-electron chi connectivity index (χ4n) is 1.40. The minimum atomic E-state index is 0.738. The Hall–Kier alpha value is -0.910. The lowest BCUT2D eigenvalue weighted by Crippen LogP contribution is -2.18. The SMILES string of the molecule is COCCCn1cc(CNCCOC)cn1. The molecule has 16 heavy (non-hydrogen) atoms. The van der Waals surface area contributed by atoms with Gasteiger partial charge in [0, 0.05) is 52.2 Å². The van der Waals surface area contributed by atoms with Crippen molar-refractivity contribution in [2.24, 2.45) is 0 Å². The molecule has 1 heterocycles. The van der Waals surface area contributed by atoms with Gasteiger partial charge in [-0.05, 0) is 6.42 Å². The van der Waals surface area contributed by atoms with Crippen molar-refractivity contribution in [2.45, 2.75) is 19.5 Å². The van der Waals surface area contributed by atoms with Crippen molar-refractivity contribution in [2.75, 3.05) is 34.0 Å². The van der Waals surface area contributed by atoms with Gasteiger partial charge in [0.2, 0.25) is 0 Å². The van der Waals surface area contributed by atoms with Gasteiger partial charge in [0.25, 0.3) is 0 Å². The lowest BCUT2D eigenvalue weighted by atomic mass is 10.3. The number of nitrogens with one attached hydrogen (secondary N) is 1. The van der Waals surface area contributed by atoms with E-state index in [2.05, 4.69) is 16.6 Å². The molecule has 0 amide bonds. The summed E-state index contributed by atoms with van der Waals surface area (Å²) in [5.74, 6) is 0. The molecule has 1 rings (SSSR count). The molecule has 0 aliphatic rings. The number of rotatable bonds is 9. The van der Waals surface area contributed by atoms with E-state index in [1.807, 2.05) is 10.9 Å². The lowest BCUT2D eigenvalue weighted by molar-refractivity contribution is 0.189. The quantitative estimate of drug-likeness (QED) is 0.629. The van der Waals surface area contributed by atoms with Gasteiger partial charge >= 0.3 is 0 Å². The van der Waals surface area contributed by atoms with Crippen LogP contribution in [0.2, 0.25) is 0 Å². The first-order valence-corrected chi connectivity index (χ1v) is 5.56. The Labute approximate surface area is 96.7 Å². The zero-order valence-corrected chi connectivity index (χ0v) is 10.1. The van der Waals surface area contributed by atoms with Crippen molar-refractivity contribution in [3.05, 3.63) is 18.0 Å². The van der Waals surface area contributed by atoms with Crippen molar-refractivity contribution < 1.29 is 9.47 Å². The van der Waals surface area contributed by atoms with Gasteiger partial charge in [0.15, 0.2) is 0 Å². The first-order valence-electron chi connectivity index (χ1n) is 5.56. The van der Waals surface area contributed by atoms with Crippen LogP contribution in [0.5, 0.6) is 0 Å². The van der Waals surface area contributed by atoms with Gasteiger partial charge in [-0.15, -0.1) is 0 Å². The molecule has 5 nitrogen and oxygen atoms in total. The summed E-state index contributed by atoms with van der Waals surface area (Å²) < 4.78 is 11.9. The van der Waals surface area contributed by atoms with Crippen molar-refractivity contribution in [1.82, 2.24) is 15.1 Å². The Kier molecular flexibility index (Phi) is 6.80.